The van der Waals surface area contributed by atoms with Crippen LogP contribution in [0.25, 0.3) is 6.08 Å². The summed E-state index contributed by atoms with van der Waals surface area (Å²) in [6.45, 7) is 1.02. The van der Waals surface area contributed by atoms with Crippen LogP contribution in [0.15, 0.2) is 29.8 Å². The van der Waals surface area contributed by atoms with Gasteiger partial charge >= 0.3 is 0 Å². The summed E-state index contributed by atoms with van der Waals surface area (Å²) in [5.74, 6) is -0.272. The van der Waals surface area contributed by atoms with E-state index in [2.05, 4.69) is 5.32 Å². The van der Waals surface area contributed by atoms with Crippen LogP contribution in [0.2, 0.25) is 0 Å². The van der Waals surface area contributed by atoms with Crippen LogP contribution in [-0.4, -0.2) is 31.3 Å². The molecule has 1 amide bonds. The molecule has 0 heterocycles. The van der Waals surface area contributed by atoms with Crippen molar-refractivity contribution >= 4 is 12.0 Å². The first-order chi connectivity index (χ1) is 9.17. The highest BCUT2D eigenvalue weighted by atomic mass is 16.5. The Labute approximate surface area is 112 Å². The molecule has 2 N–H and O–H groups in total. The van der Waals surface area contributed by atoms with Crippen LogP contribution in [-0.2, 0) is 9.53 Å². The van der Waals surface area contributed by atoms with Gasteiger partial charge in [-0.05, 0) is 30.2 Å². The van der Waals surface area contributed by atoms with E-state index in [9.17, 15) is 4.79 Å². The molecule has 0 saturated heterocycles. The Morgan fingerprint density at radius 3 is 2.74 bits per heavy atom. The minimum Gasteiger partial charge on any atom is -0.508 e. The summed E-state index contributed by atoms with van der Waals surface area (Å²) in [5, 5.41) is 20.7. The summed E-state index contributed by atoms with van der Waals surface area (Å²) >= 11 is 0. The van der Waals surface area contributed by atoms with Crippen molar-refractivity contribution in [1.82, 2.24) is 5.32 Å². The molecule has 0 aromatic heterocycles. The van der Waals surface area contributed by atoms with Gasteiger partial charge in [-0.1, -0.05) is 12.1 Å². The largest absolute Gasteiger partial charge is 0.508 e. The lowest BCUT2D eigenvalue weighted by Gasteiger charge is -2.03. The zero-order chi connectivity index (χ0) is 14.1. The predicted octanol–water partition coefficient (Wildman–Crippen LogP) is 1.45. The second-order valence-corrected chi connectivity index (χ2v) is 3.86. The third-order valence-corrected chi connectivity index (χ3v) is 2.38. The van der Waals surface area contributed by atoms with Gasteiger partial charge in [0.1, 0.15) is 17.4 Å². The Morgan fingerprint density at radius 1 is 1.47 bits per heavy atom. The van der Waals surface area contributed by atoms with E-state index in [-0.39, 0.29) is 11.3 Å². The maximum absolute atomic E-state index is 11.7. The molecule has 0 atom stereocenters. The summed E-state index contributed by atoms with van der Waals surface area (Å²) in [6.07, 6.45) is 2.17. The molecule has 0 spiro atoms. The fourth-order valence-electron chi connectivity index (χ4n) is 1.40. The number of benzene rings is 1. The van der Waals surface area contributed by atoms with E-state index in [1.165, 1.54) is 18.2 Å². The Balaban J connectivity index is 2.64. The lowest BCUT2D eigenvalue weighted by Crippen LogP contribution is -2.26. The molecule has 0 aliphatic heterocycles. The molecular formula is C14H16N2O3. The molecular weight excluding hydrogens is 244 g/mol. The molecule has 0 unspecified atom stereocenters. The smallest absolute Gasteiger partial charge is 0.261 e. The first-order valence-corrected chi connectivity index (χ1v) is 5.85. The molecule has 1 aromatic rings. The molecule has 19 heavy (non-hydrogen) atoms. The molecule has 0 aliphatic rings. The number of amides is 1. The fraction of sp³-hybridized carbons (Fsp3) is 0.286. The zero-order valence-corrected chi connectivity index (χ0v) is 10.7. The van der Waals surface area contributed by atoms with Crippen LogP contribution >= 0.6 is 0 Å². The Kier molecular flexibility index (Phi) is 6.13. The van der Waals surface area contributed by atoms with Gasteiger partial charge < -0.3 is 15.2 Å². The topological polar surface area (TPSA) is 82.3 Å². The standard InChI is InChI=1S/C14H16N2O3/c1-19-8-2-7-16-14(18)12(10-15)9-11-3-5-13(17)6-4-11/h3-6,9,17H,2,7-8H2,1H3,(H,16,18)/b12-9-. The van der Waals surface area contributed by atoms with Crippen molar-refractivity contribution in [3.63, 3.8) is 0 Å². The van der Waals surface area contributed by atoms with Gasteiger partial charge in [-0.3, -0.25) is 4.79 Å². The molecule has 0 saturated carbocycles. The van der Waals surface area contributed by atoms with E-state index >= 15 is 0 Å². The van der Waals surface area contributed by atoms with Crippen LogP contribution < -0.4 is 5.32 Å². The highest BCUT2D eigenvalue weighted by molar-refractivity contribution is 6.01. The summed E-state index contributed by atoms with van der Waals surface area (Å²) < 4.78 is 4.86. The van der Waals surface area contributed by atoms with Gasteiger partial charge in [0.05, 0.1) is 0 Å². The minimum atomic E-state index is -0.410. The van der Waals surface area contributed by atoms with E-state index in [4.69, 9.17) is 15.1 Å². The monoisotopic (exact) mass is 260 g/mol. The Hall–Kier alpha value is -2.32. The van der Waals surface area contributed by atoms with Gasteiger partial charge in [0.2, 0.25) is 0 Å². The van der Waals surface area contributed by atoms with Crippen LogP contribution in [0.5, 0.6) is 5.75 Å². The summed E-state index contributed by atoms with van der Waals surface area (Å²) in [4.78, 5) is 11.7. The average molecular weight is 260 g/mol. The van der Waals surface area contributed by atoms with Crippen molar-refractivity contribution < 1.29 is 14.6 Å². The normalized spacial score (nSPS) is 10.8. The Bertz CT molecular complexity index is 486. The van der Waals surface area contributed by atoms with E-state index in [0.717, 1.165) is 0 Å². The van der Waals surface area contributed by atoms with Gasteiger partial charge in [0.15, 0.2) is 0 Å². The third-order valence-electron chi connectivity index (χ3n) is 2.38. The van der Waals surface area contributed by atoms with Crippen molar-refractivity contribution in [3.8, 4) is 11.8 Å². The molecule has 0 radical (unpaired) electrons. The Morgan fingerprint density at radius 2 is 2.16 bits per heavy atom. The van der Waals surface area contributed by atoms with Crippen LogP contribution in [0.4, 0.5) is 0 Å². The summed E-state index contributed by atoms with van der Waals surface area (Å²) in [7, 11) is 1.59. The number of aromatic hydroxyl groups is 1. The molecule has 100 valence electrons. The van der Waals surface area contributed by atoms with Gasteiger partial charge in [0.25, 0.3) is 5.91 Å². The average Bonchev–Trinajstić information content (AvgIpc) is 2.42. The zero-order valence-electron chi connectivity index (χ0n) is 10.7. The lowest BCUT2D eigenvalue weighted by atomic mass is 10.1. The maximum atomic E-state index is 11.7. The number of ether oxygens (including phenoxy) is 1. The SMILES string of the molecule is COCCCNC(=O)/C(C#N)=C\c1ccc(O)cc1. The van der Waals surface area contributed by atoms with Crippen molar-refractivity contribution in [3.05, 3.63) is 35.4 Å². The van der Waals surface area contributed by atoms with Crippen molar-refractivity contribution in [2.24, 2.45) is 0 Å². The number of nitrogens with zero attached hydrogens (tertiary/aromatic N) is 1. The number of phenols is 1. The quantitative estimate of drug-likeness (QED) is 0.461. The third kappa shape index (κ3) is 5.23. The number of nitriles is 1. The number of phenolic OH excluding ortho intramolecular Hbond substituents is 1. The predicted molar refractivity (Wildman–Crippen MR) is 71.2 cm³/mol. The van der Waals surface area contributed by atoms with Gasteiger partial charge in [0, 0.05) is 20.3 Å². The number of carbonyl (C=O) groups excluding carboxylic acids is 1. The maximum Gasteiger partial charge on any atom is 0.261 e. The number of rotatable bonds is 6. The van der Waals surface area contributed by atoms with Gasteiger partial charge in [-0.2, -0.15) is 5.26 Å². The van der Waals surface area contributed by atoms with Crippen LogP contribution in [0.1, 0.15) is 12.0 Å². The summed E-state index contributed by atoms with van der Waals surface area (Å²) in [6, 6.07) is 8.12. The first-order valence-electron chi connectivity index (χ1n) is 5.85. The highest BCUT2D eigenvalue weighted by Crippen LogP contribution is 2.12. The first kappa shape index (κ1) is 14.7. The molecule has 0 bridgehead atoms. The van der Waals surface area contributed by atoms with Crippen LogP contribution in [0, 0.1) is 11.3 Å². The number of carbonyl (C=O) groups is 1. The van der Waals surface area contributed by atoms with E-state index in [1.807, 2.05) is 6.07 Å². The van der Waals surface area contributed by atoms with E-state index in [0.29, 0.717) is 25.1 Å². The molecule has 5 heteroatoms. The second-order valence-electron chi connectivity index (χ2n) is 3.86. The molecule has 5 nitrogen and oxygen atoms in total. The molecule has 0 fully saturated rings. The molecule has 1 rings (SSSR count). The van der Waals surface area contributed by atoms with Crippen molar-refractivity contribution in [2.75, 3.05) is 20.3 Å². The van der Waals surface area contributed by atoms with Gasteiger partial charge in [-0.25, -0.2) is 0 Å². The summed E-state index contributed by atoms with van der Waals surface area (Å²) in [5.41, 5.74) is 0.712. The van der Waals surface area contributed by atoms with E-state index < -0.39 is 5.91 Å². The number of methoxy groups -OCH3 is 1. The van der Waals surface area contributed by atoms with Gasteiger partial charge in [-0.15, -0.1) is 0 Å². The highest BCUT2D eigenvalue weighted by Gasteiger charge is 2.07. The molecule has 0 aliphatic carbocycles. The van der Waals surface area contributed by atoms with Crippen molar-refractivity contribution in [2.45, 2.75) is 6.42 Å². The lowest BCUT2D eigenvalue weighted by molar-refractivity contribution is -0.117. The van der Waals surface area contributed by atoms with Crippen LogP contribution in [0.3, 0.4) is 0 Å². The number of nitrogens with one attached hydrogen (secondary N) is 1. The molecule has 1 aromatic carbocycles. The number of hydrogen-bond acceptors (Lipinski definition) is 4. The van der Waals surface area contributed by atoms with E-state index in [1.54, 1.807) is 19.2 Å². The fourth-order valence-corrected chi connectivity index (χ4v) is 1.40. The van der Waals surface area contributed by atoms with Crippen molar-refractivity contribution in [1.29, 1.82) is 5.26 Å². The minimum absolute atomic E-state index is 0.0307. The second kappa shape index (κ2) is 7.90. The number of hydrogen-bond donors (Lipinski definition) is 2.